The lowest BCUT2D eigenvalue weighted by Gasteiger charge is -2.32. The van der Waals surface area contributed by atoms with Crippen LogP contribution in [0.5, 0.6) is 5.75 Å². The lowest BCUT2D eigenvalue weighted by Crippen LogP contribution is -2.41. The third kappa shape index (κ3) is 3.65. The average molecular weight is 341 g/mol. The fourth-order valence-corrected chi connectivity index (χ4v) is 2.84. The molecule has 0 aromatic heterocycles. The Morgan fingerprint density at radius 1 is 1.30 bits per heavy atom. The summed E-state index contributed by atoms with van der Waals surface area (Å²) >= 11 is 6.32. The number of carbonyl (C=O) groups is 1. The van der Waals surface area contributed by atoms with Crippen molar-refractivity contribution in [2.75, 3.05) is 7.11 Å². The van der Waals surface area contributed by atoms with E-state index in [1.165, 1.54) is 0 Å². The molecular weight excluding hydrogens is 318 g/mol. The van der Waals surface area contributed by atoms with E-state index in [9.17, 15) is 9.90 Å². The Morgan fingerprint density at radius 3 is 2.30 bits per heavy atom. The van der Waals surface area contributed by atoms with Crippen LogP contribution in [0.4, 0.5) is 0 Å². The second-order valence-electron chi connectivity index (χ2n) is 6.72. The first-order valence-electron chi connectivity index (χ1n) is 7.48. The number of rotatable bonds is 5. The Bertz CT molecular complexity index is 586. The highest BCUT2D eigenvalue weighted by Gasteiger charge is 2.54. The molecule has 1 N–H and O–H groups in total. The summed E-state index contributed by atoms with van der Waals surface area (Å²) in [5.41, 5.74) is -0.394. The van der Waals surface area contributed by atoms with Gasteiger partial charge in [0.1, 0.15) is 5.75 Å². The van der Waals surface area contributed by atoms with Crippen LogP contribution in [0.15, 0.2) is 18.2 Å². The molecule has 1 atom stereocenters. The minimum absolute atomic E-state index is 0.136. The molecule has 1 unspecified atom stereocenters. The zero-order valence-corrected chi connectivity index (χ0v) is 14.8. The molecule has 1 aromatic rings. The molecule has 0 saturated carbocycles. The summed E-state index contributed by atoms with van der Waals surface area (Å²) in [5.74, 6) is -0.828. The molecule has 1 saturated heterocycles. The van der Waals surface area contributed by atoms with Crippen molar-refractivity contribution in [3.8, 4) is 5.75 Å². The summed E-state index contributed by atoms with van der Waals surface area (Å²) in [7, 11) is 0.871. The van der Waals surface area contributed by atoms with Crippen LogP contribution < -0.4 is 4.74 Å². The molecule has 0 spiro atoms. The lowest BCUT2D eigenvalue weighted by atomic mass is 9.66. The Labute approximate surface area is 142 Å². The Hall–Kier alpha value is -1.24. The first kappa shape index (κ1) is 18.1. The topological polar surface area (TPSA) is 65.0 Å². The lowest BCUT2D eigenvalue weighted by molar-refractivity contribution is -0.137. The summed E-state index contributed by atoms with van der Waals surface area (Å²) in [6, 6.07) is 5.18. The van der Waals surface area contributed by atoms with E-state index in [4.69, 9.17) is 25.6 Å². The van der Waals surface area contributed by atoms with Gasteiger partial charge in [0.25, 0.3) is 0 Å². The van der Waals surface area contributed by atoms with Crippen LogP contribution in [0, 0.1) is 0 Å². The summed E-state index contributed by atoms with van der Waals surface area (Å²) < 4.78 is 17.2. The average Bonchev–Trinajstić information content (AvgIpc) is 2.64. The molecule has 23 heavy (non-hydrogen) atoms. The number of aliphatic carboxylic acids is 1. The standard InChI is InChI=1S/C16H22BClO5/c1-15(2)16(3,4)23-17(22-15)12(9-14(19)20)11-7-6-10(21-5)8-13(11)18/h6-8,12H,9H2,1-5H3,(H,19,20). The van der Waals surface area contributed by atoms with Gasteiger partial charge in [-0.25, -0.2) is 0 Å². The van der Waals surface area contributed by atoms with Gasteiger partial charge >= 0.3 is 13.1 Å². The molecule has 1 aromatic carbocycles. The van der Waals surface area contributed by atoms with Gasteiger partial charge in [-0.15, -0.1) is 0 Å². The van der Waals surface area contributed by atoms with Crippen molar-refractivity contribution in [1.29, 1.82) is 0 Å². The summed E-state index contributed by atoms with van der Waals surface area (Å²) in [5, 5.41) is 9.71. The van der Waals surface area contributed by atoms with Gasteiger partial charge in [0.2, 0.25) is 0 Å². The maximum atomic E-state index is 11.3. The quantitative estimate of drug-likeness (QED) is 0.831. The van der Waals surface area contributed by atoms with E-state index in [1.54, 1.807) is 25.3 Å². The van der Waals surface area contributed by atoms with Crippen molar-refractivity contribution < 1.29 is 23.9 Å². The number of methoxy groups -OCH3 is 1. The third-order valence-corrected chi connectivity index (χ3v) is 4.93. The molecule has 0 aliphatic carbocycles. The molecular formula is C16H22BClO5. The van der Waals surface area contributed by atoms with Gasteiger partial charge in [-0.2, -0.15) is 0 Å². The Morgan fingerprint density at radius 2 is 1.87 bits per heavy atom. The second kappa shape index (κ2) is 6.34. The maximum Gasteiger partial charge on any atom is 0.466 e. The van der Waals surface area contributed by atoms with Gasteiger partial charge in [0, 0.05) is 10.8 Å². The molecule has 1 fully saturated rings. The first-order chi connectivity index (χ1) is 10.6. The second-order valence-corrected chi connectivity index (χ2v) is 7.12. The van der Waals surface area contributed by atoms with Gasteiger partial charge in [-0.1, -0.05) is 17.7 Å². The van der Waals surface area contributed by atoms with Crippen molar-refractivity contribution in [1.82, 2.24) is 0 Å². The summed E-state index contributed by atoms with van der Waals surface area (Å²) in [6.07, 6.45) is -0.136. The largest absolute Gasteiger partial charge is 0.497 e. The number of ether oxygens (including phenoxy) is 1. The van der Waals surface area contributed by atoms with E-state index in [2.05, 4.69) is 0 Å². The Balaban J connectivity index is 2.37. The monoisotopic (exact) mass is 340 g/mol. The van der Waals surface area contributed by atoms with Gasteiger partial charge in [0.15, 0.2) is 0 Å². The van der Waals surface area contributed by atoms with Crippen molar-refractivity contribution in [2.24, 2.45) is 0 Å². The van der Waals surface area contributed by atoms with Crippen molar-refractivity contribution >= 4 is 24.7 Å². The highest BCUT2D eigenvalue weighted by atomic mass is 35.5. The minimum atomic E-state index is -0.934. The number of carboxylic acid groups (broad SMARTS) is 1. The molecule has 0 radical (unpaired) electrons. The molecule has 1 aliphatic rings. The molecule has 0 bridgehead atoms. The van der Waals surface area contributed by atoms with E-state index < -0.39 is 30.1 Å². The van der Waals surface area contributed by atoms with Gasteiger partial charge in [0.05, 0.1) is 24.7 Å². The minimum Gasteiger partial charge on any atom is -0.497 e. The van der Waals surface area contributed by atoms with Crippen molar-refractivity contribution in [3.05, 3.63) is 28.8 Å². The summed E-state index contributed by atoms with van der Waals surface area (Å²) in [6.45, 7) is 7.72. The van der Waals surface area contributed by atoms with E-state index in [1.807, 2.05) is 27.7 Å². The van der Waals surface area contributed by atoms with Gasteiger partial charge in [-0.3, -0.25) is 4.79 Å². The summed E-state index contributed by atoms with van der Waals surface area (Å²) in [4.78, 5) is 11.3. The molecule has 5 nitrogen and oxygen atoms in total. The first-order valence-corrected chi connectivity index (χ1v) is 7.86. The number of benzene rings is 1. The van der Waals surface area contributed by atoms with Crippen LogP contribution in [0.1, 0.15) is 45.5 Å². The SMILES string of the molecule is COc1ccc(C(CC(=O)O)B2OC(C)(C)C(C)(C)O2)c(Cl)c1. The highest BCUT2D eigenvalue weighted by Crippen LogP contribution is 2.43. The van der Waals surface area contributed by atoms with Crippen LogP contribution in [0.2, 0.25) is 5.02 Å². The number of halogens is 1. The third-order valence-electron chi connectivity index (χ3n) is 4.60. The van der Waals surface area contributed by atoms with Gasteiger partial charge in [-0.05, 0) is 45.4 Å². The Kier molecular flexibility index (Phi) is 4.99. The number of hydrogen-bond donors (Lipinski definition) is 1. The van der Waals surface area contributed by atoms with E-state index in [-0.39, 0.29) is 6.42 Å². The van der Waals surface area contributed by atoms with E-state index in [0.717, 1.165) is 0 Å². The fraction of sp³-hybridized carbons (Fsp3) is 0.562. The zero-order valence-electron chi connectivity index (χ0n) is 14.1. The highest BCUT2D eigenvalue weighted by molar-refractivity contribution is 6.48. The van der Waals surface area contributed by atoms with Crippen molar-refractivity contribution in [2.45, 2.75) is 51.1 Å². The van der Waals surface area contributed by atoms with Crippen LogP contribution >= 0.6 is 11.6 Å². The number of hydrogen-bond acceptors (Lipinski definition) is 4. The van der Waals surface area contributed by atoms with Crippen LogP contribution in [0.3, 0.4) is 0 Å². The van der Waals surface area contributed by atoms with Gasteiger partial charge < -0.3 is 19.2 Å². The normalized spacial score (nSPS) is 20.3. The molecule has 7 heteroatoms. The van der Waals surface area contributed by atoms with Crippen LogP contribution in [0.25, 0.3) is 0 Å². The molecule has 2 rings (SSSR count). The van der Waals surface area contributed by atoms with E-state index >= 15 is 0 Å². The van der Waals surface area contributed by atoms with Crippen LogP contribution in [-0.4, -0.2) is 36.5 Å². The predicted molar refractivity (Wildman–Crippen MR) is 89.1 cm³/mol. The molecule has 1 heterocycles. The van der Waals surface area contributed by atoms with E-state index in [0.29, 0.717) is 16.3 Å². The number of carboxylic acids is 1. The smallest absolute Gasteiger partial charge is 0.466 e. The molecule has 1 aliphatic heterocycles. The van der Waals surface area contributed by atoms with Crippen molar-refractivity contribution in [3.63, 3.8) is 0 Å². The van der Waals surface area contributed by atoms with Crippen LogP contribution in [-0.2, 0) is 14.1 Å². The molecule has 0 amide bonds. The molecule has 126 valence electrons. The predicted octanol–water partition coefficient (Wildman–Crippen LogP) is 3.54. The fourth-order valence-electron chi connectivity index (χ4n) is 2.53. The maximum absolute atomic E-state index is 11.3. The zero-order chi connectivity index (χ0) is 17.4.